The Morgan fingerprint density at radius 1 is 0.892 bits per heavy atom. The van der Waals surface area contributed by atoms with Crippen LogP contribution in [0.3, 0.4) is 0 Å². The second-order valence-corrected chi connectivity index (χ2v) is 17.0. The van der Waals surface area contributed by atoms with Crippen molar-refractivity contribution in [3.8, 4) is 11.1 Å². The van der Waals surface area contributed by atoms with Crippen LogP contribution in [0.4, 0.5) is 0 Å². The van der Waals surface area contributed by atoms with Crippen LogP contribution in [0.1, 0.15) is 72.2 Å². The van der Waals surface area contributed by atoms with Crippen LogP contribution in [0.15, 0.2) is 86.3 Å². The topological polar surface area (TPSA) is 12.4 Å². The standard InChI is InChI=1S/C22H23.C10H11NSi.2ClH.Zr/c1-16-14-20-8-5-9-21(22(20)15-16)19-12-10-18(11-13-19)17-6-3-2-4-7-17;1-6-9-7-4-11-5-8(7)10(6)12(9,2)3;;;/h5,8-15,17H,2-4,6-7H2,1H3;4-5H,1-3H3;2*1H;/q;;;;+2/p-2. The van der Waals surface area contributed by atoms with Crippen molar-refractivity contribution in [2.45, 2.75) is 68.6 Å². The summed E-state index contributed by atoms with van der Waals surface area (Å²) in [5, 5.41) is 3.31. The summed E-state index contributed by atoms with van der Waals surface area (Å²) in [5.41, 5.74) is 13.3. The fourth-order valence-corrected chi connectivity index (χ4v) is 11.9. The van der Waals surface area contributed by atoms with E-state index in [2.05, 4.69) is 80.5 Å². The van der Waals surface area contributed by atoms with Crippen LogP contribution in [-0.4, -0.2) is 14.3 Å². The van der Waals surface area contributed by atoms with E-state index in [-0.39, 0.29) is 24.8 Å². The molecule has 1 fully saturated rings. The summed E-state index contributed by atoms with van der Waals surface area (Å²) in [6.07, 6.45) is 13.5. The Morgan fingerprint density at radius 3 is 2.24 bits per heavy atom. The number of aliphatic imine (C=N–C) groups is 1. The van der Waals surface area contributed by atoms with Gasteiger partial charge in [0.1, 0.15) is 8.07 Å². The normalized spacial score (nSPS) is 22.2. The summed E-state index contributed by atoms with van der Waals surface area (Å²) in [7, 11) is -1.11. The SMILES string of the molecule is CC1=C2C3=CN=CC3=C1[Si]2(C)C.CC1=Cc2c(-c3ccc(C4CCCCC4)cc3)cccc2[CH]1[Zr+2].[Cl-].[Cl-]. The van der Waals surface area contributed by atoms with Gasteiger partial charge < -0.3 is 24.8 Å². The summed E-state index contributed by atoms with van der Waals surface area (Å²) in [6, 6.07) is 16.3. The number of hydrogen-bond acceptors (Lipinski definition) is 1. The van der Waals surface area contributed by atoms with Gasteiger partial charge in [-0.1, -0.05) is 18.7 Å². The number of rotatable bonds is 2. The molecule has 2 bridgehead atoms. The van der Waals surface area contributed by atoms with E-state index in [1.165, 1.54) is 71.1 Å². The summed E-state index contributed by atoms with van der Waals surface area (Å²) in [4.78, 5) is 4.19. The smallest absolute Gasteiger partial charge is 1.00 e. The molecular weight excluding hydrogens is 589 g/mol. The van der Waals surface area contributed by atoms with Crippen molar-refractivity contribution in [2.75, 3.05) is 0 Å². The zero-order valence-electron chi connectivity index (χ0n) is 22.2. The molecule has 1 atom stereocenters. The molecular formula is C32H34Cl2NSiZr. The van der Waals surface area contributed by atoms with Crippen LogP contribution < -0.4 is 24.8 Å². The van der Waals surface area contributed by atoms with Gasteiger partial charge in [0.25, 0.3) is 0 Å². The van der Waals surface area contributed by atoms with Gasteiger partial charge in [-0.3, -0.25) is 4.99 Å². The molecule has 2 aromatic carbocycles. The first-order chi connectivity index (χ1) is 16.9. The summed E-state index contributed by atoms with van der Waals surface area (Å²) >= 11 is 1.60. The third kappa shape index (κ3) is 4.73. The van der Waals surface area contributed by atoms with Gasteiger partial charge in [-0.15, -0.1) is 0 Å². The fraction of sp³-hybridized carbons (Fsp3) is 0.344. The number of halogens is 2. The molecule has 1 saturated carbocycles. The molecule has 3 heterocycles. The van der Waals surface area contributed by atoms with Crippen LogP contribution >= 0.6 is 0 Å². The minimum Gasteiger partial charge on any atom is -1.00 e. The van der Waals surface area contributed by atoms with Gasteiger partial charge in [0.15, 0.2) is 0 Å². The van der Waals surface area contributed by atoms with E-state index < -0.39 is 8.07 Å². The van der Waals surface area contributed by atoms with Crippen molar-refractivity contribution >= 4 is 20.4 Å². The average Bonchev–Trinajstić information content (AvgIpc) is 3.57. The minimum atomic E-state index is -1.11. The Bertz CT molecular complexity index is 1370. The molecule has 2 aromatic rings. The van der Waals surface area contributed by atoms with Gasteiger partial charge in [-0.2, -0.15) is 0 Å². The molecule has 3 aliphatic heterocycles. The molecule has 1 nitrogen and oxygen atoms in total. The van der Waals surface area contributed by atoms with E-state index in [1.807, 2.05) is 12.4 Å². The Balaban J connectivity index is 0.000000193. The van der Waals surface area contributed by atoms with Gasteiger partial charge >= 0.3 is 155 Å². The predicted octanol–water partition coefficient (Wildman–Crippen LogP) is 2.80. The van der Waals surface area contributed by atoms with Gasteiger partial charge in [0, 0.05) is 23.6 Å². The van der Waals surface area contributed by atoms with E-state index in [0.717, 1.165) is 5.92 Å². The molecule has 0 N–H and O–H groups in total. The monoisotopic (exact) mass is 620 g/mol. The van der Waals surface area contributed by atoms with Gasteiger partial charge in [0.05, 0.1) is 0 Å². The fourth-order valence-electron chi connectivity index (χ4n) is 7.10. The molecule has 0 saturated heterocycles. The van der Waals surface area contributed by atoms with Gasteiger partial charge in [0.2, 0.25) is 0 Å². The minimum absolute atomic E-state index is 0. The maximum absolute atomic E-state index is 4.19. The van der Waals surface area contributed by atoms with E-state index in [0.29, 0.717) is 3.63 Å². The molecule has 5 heteroatoms. The number of hydrogen-bond donors (Lipinski definition) is 0. The molecule has 6 aliphatic rings. The van der Waals surface area contributed by atoms with Crippen molar-refractivity contribution in [3.63, 3.8) is 0 Å². The number of benzene rings is 2. The molecule has 1 unspecified atom stereocenters. The number of nitrogens with zero attached hydrogens (tertiary/aromatic N) is 1. The van der Waals surface area contributed by atoms with Gasteiger partial charge in [-0.25, -0.2) is 0 Å². The van der Waals surface area contributed by atoms with E-state index in [4.69, 9.17) is 0 Å². The Hall–Kier alpha value is -1.25. The zero-order valence-corrected chi connectivity index (χ0v) is 27.1. The second-order valence-electron chi connectivity index (χ2n) is 11.3. The molecule has 3 aliphatic carbocycles. The summed E-state index contributed by atoms with van der Waals surface area (Å²) in [6.45, 7) is 9.40. The van der Waals surface area contributed by atoms with Crippen molar-refractivity contribution in [3.05, 3.63) is 98.0 Å². The van der Waals surface area contributed by atoms with Gasteiger partial charge in [-0.05, 0) is 17.3 Å². The van der Waals surface area contributed by atoms with Crippen LogP contribution in [0.2, 0.25) is 13.1 Å². The van der Waals surface area contributed by atoms with Crippen LogP contribution in [0.25, 0.3) is 17.2 Å². The maximum atomic E-state index is 4.19. The van der Waals surface area contributed by atoms with E-state index >= 15 is 0 Å². The average molecular weight is 623 g/mol. The molecule has 0 radical (unpaired) electrons. The Labute approximate surface area is 251 Å². The Kier molecular flexibility index (Phi) is 8.62. The molecule has 0 aromatic heterocycles. The third-order valence-electron chi connectivity index (χ3n) is 8.81. The second kappa shape index (κ2) is 11.1. The maximum Gasteiger partial charge on any atom is -1.00 e. The third-order valence-corrected chi connectivity index (χ3v) is 14.5. The first-order valence-corrected chi connectivity index (χ1v) is 17.6. The Morgan fingerprint density at radius 2 is 1.59 bits per heavy atom. The molecule has 37 heavy (non-hydrogen) atoms. The van der Waals surface area contributed by atoms with Crippen LogP contribution in [-0.2, 0) is 24.7 Å². The first-order valence-electron chi connectivity index (χ1n) is 13.2. The predicted molar refractivity (Wildman–Crippen MR) is 148 cm³/mol. The van der Waals surface area contributed by atoms with E-state index in [1.54, 1.807) is 46.2 Å². The van der Waals surface area contributed by atoms with E-state index in [9.17, 15) is 0 Å². The van der Waals surface area contributed by atoms with Crippen LogP contribution in [0.5, 0.6) is 0 Å². The number of fused-ring (bicyclic) bond motifs is 1. The molecule has 0 amide bonds. The zero-order chi connectivity index (χ0) is 24.3. The molecule has 189 valence electrons. The largest absolute Gasteiger partial charge is 1.00 e. The van der Waals surface area contributed by atoms with Crippen LogP contribution in [0, 0.1) is 0 Å². The number of allylic oxidation sites excluding steroid dienone is 6. The van der Waals surface area contributed by atoms with Crippen molar-refractivity contribution in [2.24, 2.45) is 4.99 Å². The van der Waals surface area contributed by atoms with Crippen molar-refractivity contribution in [1.82, 2.24) is 0 Å². The summed E-state index contributed by atoms with van der Waals surface area (Å²) < 4.78 is 0.652. The summed E-state index contributed by atoms with van der Waals surface area (Å²) in [5.74, 6) is 0.797. The van der Waals surface area contributed by atoms with Crippen molar-refractivity contribution in [1.29, 1.82) is 0 Å². The van der Waals surface area contributed by atoms with Crippen molar-refractivity contribution < 1.29 is 49.5 Å². The molecule has 8 rings (SSSR count). The first kappa shape index (κ1) is 28.8. The quantitative estimate of drug-likeness (QED) is 0.457. The molecule has 0 spiro atoms.